The summed E-state index contributed by atoms with van der Waals surface area (Å²) >= 11 is 0. The lowest BCUT2D eigenvalue weighted by Gasteiger charge is -2.04. The highest BCUT2D eigenvalue weighted by molar-refractivity contribution is 5.82. The highest BCUT2D eigenvalue weighted by Crippen LogP contribution is 2.47. The molecule has 26 heavy (non-hydrogen) atoms. The van der Waals surface area contributed by atoms with Crippen LogP contribution in [0.15, 0.2) is 67.0 Å². The molecule has 1 aromatic heterocycles. The summed E-state index contributed by atoms with van der Waals surface area (Å²) in [6.45, 7) is 1.17. The highest BCUT2D eigenvalue weighted by Gasteiger charge is 2.43. The van der Waals surface area contributed by atoms with E-state index in [1.807, 2.05) is 35.1 Å². The monoisotopic (exact) mass is 349 g/mol. The molecule has 1 heterocycles. The largest absolute Gasteiger partial charge is 0.352 e. The molecule has 132 valence electrons. The molecule has 1 N–H and O–H groups in total. The van der Waals surface area contributed by atoms with Crippen LogP contribution in [0.2, 0.25) is 0 Å². The van der Waals surface area contributed by atoms with Crippen LogP contribution in [0.3, 0.4) is 0 Å². The van der Waals surface area contributed by atoms with Crippen molar-refractivity contribution in [2.75, 3.05) is 0 Å². The number of amides is 1. The van der Waals surface area contributed by atoms with Gasteiger partial charge >= 0.3 is 0 Å². The van der Waals surface area contributed by atoms with Gasteiger partial charge in [-0.25, -0.2) is 4.39 Å². The van der Waals surface area contributed by atoms with Gasteiger partial charge in [-0.1, -0.05) is 42.5 Å². The summed E-state index contributed by atoms with van der Waals surface area (Å²) in [7, 11) is 0. The second kappa shape index (κ2) is 7.12. The normalized spacial score (nSPS) is 18.5. The van der Waals surface area contributed by atoms with Crippen LogP contribution < -0.4 is 5.32 Å². The number of hydrogen-bond donors (Lipinski definition) is 1. The Kier molecular flexibility index (Phi) is 4.52. The predicted molar refractivity (Wildman–Crippen MR) is 96.9 cm³/mol. The maximum atomic E-state index is 13.3. The van der Waals surface area contributed by atoms with Gasteiger partial charge in [0.15, 0.2) is 0 Å². The molecule has 0 bridgehead atoms. The number of halogens is 1. The maximum Gasteiger partial charge on any atom is 0.224 e. The molecule has 1 fully saturated rings. The topological polar surface area (TPSA) is 46.9 Å². The van der Waals surface area contributed by atoms with E-state index in [2.05, 4.69) is 22.5 Å². The SMILES string of the molecule is O=C(NCc1cnn(Cc2ccccc2)c1)C1CC1c1cccc(F)c1. The molecular weight excluding hydrogens is 329 g/mol. The Labute approximate surface area is 151 Å². The van der Waals surface area contributed by atoms with Crippen molar-refractivity contribution in [2.45, 2.75) is 25.4 Å². The first-order valence-corrected chi connectivity index (χ1v) is 8.77. The van der Waals surface area contributed by atoms with E-state index in [9.17, 15) is 9.18 Å². The first kappa shape index (κ1) is 16.5. The molecule has 2 aromatic carbocycles. The molecule has 4 rings (SSSR count). The van der Waals surface area contributed by atoms with Crippen LogP contribution in [0.5, 0.6) is 0 Å². The first-order valence-electron chi connectivity index (χ1n) is 8.77. The van der Waals surface area contributed by atoms with Crippen molar-refractivity contribution < 1.29 is 9.18 Å². The summed E-state index contributed by atoms with van der Waals surface area (Å²) in [4.78, 5) is 12.3. The Morgan fingerprint density at radius 1 is 1.15 bits per heavy atom. The van der Waals surface area contributed by atoms with Gasteiger partial charge in [0.2, 0.25) is 5.91 Å². The Hall–Kier alpha value is -2.95. The number of aromatic nitrogens is 2. The van der Waals surface area contributed by atoms with Gasteiger partial charge in [0.25, 0.3) is 0 Å². The van der Waals surface area contributed by atoms with Crippen LogP contribution in [0.1, 0.15) is 29.0 Å². The average Bonchev–Trinajstić information content (AvgIpc) is 3.34. The molecule has 0 radical (unpaired) electrons. The number of nitrogens with one attached hydrogen (secondary N) is 1. The predicted octanol–water partition coefficient (Wildman–Crippen LogP) is 3.49. The van der Waals surface area contributed by atoms with E-state index in [1.54, 1.807) is 12.3 Å². The van der Waals surface area contributed by atoms with Gasteiger partial charge in [-0.15, -0.1) is 0 Å². The van der Waals surface area contributed by atoms with Crippen LogP contribution in [0, 0.1) is 11.7 Å². The average molecular weight is 349 g/mol. The Balaban J connectivity index is 1.29. The number of benzene rings is 2. The number of hydrogen-bond acceptors (Lipinski definition) is 2. The van der Waals surface area contributed by atoms with Crippen LogP contribution in [0.25, 0.3) is 0 Å². The Bertz CT molecular complexity index is 906. The standard InChI is InChI=1S/C21H20FN3O/c22-18-8-4-7-17(9-18)19-10-20(19)21(26)23-11-16-12-24-25(14-16)13-15-5-2-1-3-6-15/h1-9,12,14,19-20H,10-11,13H2,(H,23,26). The van der Waals surface area contributed by atoms with E-state index in [-0.39, 0.29) is 23.6 Å². The maximum absolute atomic E-state index is 13.3. The van der Waals surface area contributed by atoms with Gasteiger partial charge in [-0.3, -0.25) is 9.48 Å². The summed E-state index contributed by atoms with van der Waals surface area (Å²) in [6, 6.07) is 16.6. The molecule has 0 spiro atoms. The number of nitrogens with zero attached hydrogens (tertiary/aromatic N) is 2. The molecule has 0 aliphatic heterocycles. The molecule has 2 atom stereocenters. The van der Waals surface area contributed by atoms with Crippen molar-refractivity contribution in [1.82, 2.24) is 15.1 Å². The summed E-state index contributed by atoms with van der Waals surface area (Å²) in [5, 5.41) is 7.31. The van der Waals surface area contributed by atoms with Gasteiger partial charge < -0.3 is 5.32 Å². The zero-order valence-electron chi connectivity index (χ0n) is 14.3. The molecule has 1 aliphatic carbocycles. The van der Waals surface area contributed by atoms with Gasteiger partial charge in [0.1, 0.15) is 5.82 Å². The molecule has 1 saturated carbocycles. The van der Waals surface area contributed by atoms with Crippen LogP contribution in [-0.2, 0) is 17.9 Å². The smallest absolute Gasteiger partial charge is 0.224 e. The fraction of sp³-hybridized carbons (Fsp3) is 0.238. The fourth-order valence-electron chi connectivity index (χ4n) is 3.27. The molecule has 1 aliphatic rings. The molecule has 1 amide bonds. The van der Waals surface area contributed by atoms with Gasteiger partial charge in [0.05, 0.1) is 12.7 Å². The lowest BCUT2D eigenvalue weighted by molar-refractivity contribution is -0.122. The van der Waals surface area contributed by atoms with Crippen molar-refractivity contribution in [2.24, 2.45) is 5.92 Å². The molecular formula is C21H20FN3O. The molecule has 0 saturated heterocycles. The van der Waals surface area contributed by atoms with Gasteiger partial charge in [-0.05, 0) is 35.6 Å². The third kappa shape index (κ3) is 3.82. The van der Waals surface area contributed by atoms with Gasteiger partial charge in [-0.2, -0.15) is 5.10 Å². The number of rotatable bonds is 6. The van der Waals surface area contributed by atoms with E-state index < -0.39 is 0 Å². The fourth-order valence-corrected chi connectivity index (χ4v) is 3.27. The molecule has 3 aromatic rings. The minimum Gasteiger partial charge on any atom is -0.352 e. The summed E-state index contributed by atoms with van der Waals surface area (Å²) < 4.78 is 15.2. The lowest BCUT2D eigenvalue weighted by atomic mass is 10.1. The summed E-state index contributed by atoms with van der Waals surface area (Å²) in [6.07, 6.45) is 4.51. The van der Waals surface area contributed by atoms with Gasteiger partial charge in [0, 0.05) is 24.2 Å². The highest BCUT2D eigenvalue weighted by atomic mass is 19.1. The van der Waals surface area contributed by atoms with E-state index in [1.165, 1.54) is 17.7 Å². The minimum atomic E-state index is -0.251. The molecule has 2 unspecified atom stereocenters. The van der Waals surface area contributed by atoms with E-state index >= 15 is 0 Å². The van der Waals surface area contributed by atoms with Crippen molar-refractivity contribution in [3.05, 3.63) is 89.5 Å². The van der Waals surface area contributed by atoms with Crippen molar-refractivity contribution in [3.63, 3.8) is 0 Å². The molecule has 5 heteroatoms. The minimum absolute atomic E-state index is 0.0232. The van der Waals surface area contributed by atoms with E-state index in [0.717, 1.165) is 17.5 Å². The summed E-state index contributed by atoms with van der Waals surface area (Å²) in [5.41, 5.74) is 3.06. The van der Waals surface area contributed by atoms with Crippen molar-refractivity contribution >= 4 is 5.91 Å². The lowest BCUT2D eigenvalue weighted by Crippen LogP contribution is -2.24. The zero-order valence-corrected chi connectivity index (χ0v) is 14.3. The first-order chi connectivity index (χ1) is 12.7. The summed E-state index contributed by atoms with van der Waals surface area (Å²) in [5.74, 6) is -0.155. The molecule has 4 nitrogen and oxygen atoms in total. The van der Waals surface area contributed by atoms with E-state index in [4.69, 9.17) is 0 Å². The number of carbonyl (C=O) groups excluding carboxylic acids is 1. The van der Waals surface area contributed by atoms with Crippen LogP contribution in [0.4, 0.5) is 4.39 Å². The van der Waals surface area contributed by atoms with Crippen molar-refractivity contribution in [3.8, 4) is 0 Å². The van der Waals surface area contributed by atoms with Crippen molar-refractivity contribution in [1.29, 1.82) is 0 Å². The third-order valence-corrected chi connectivity index (χ3v) is 4.74. The second-order valence-corrected chi connectivity index (χ2v) is 6.75. The Morgan fingerprint density at radius 3 is 2.81 bits per heavy atom. The Morgan fingerprint density at radius 2 is 2.00 bits per heavy atom. The van der Waals surface area contributed by atoms with E-state index in [0.29, 0.717) is 13.1 Å². The van der Waals surface area contributed by atoms with Crippen LogP contribution >= 0.6 is 0 Å². The van der Waals surface area contributed by atoms with Crippen LogP contribution in [-0.4, -0.2) is 15.7 Å². The number of carbonyl (C=O) groups is 1. The quantitative estimate of drug-likeness (QED) is 0.740. The zero-order chi connectivity index (χ0) is 17.9. The third-order valence-electron chi connectivity index (χ3n) is 4.74. The second-order valence-electron chi connectivity index (χ2n) is 6.75.